The number of rotatable bonds is 6. The van der Waals surface area contributed by atoms with Crippen molar-refractivity contribution >= 4 is 5.91 Å². The van der Waals surface area contributed by atoms with Crippen LogP contribution in [0.4, 0.5) is 0 Å². The summed E-state index contributed by atoms with van der Waals surface area (Å²) in [6, 6.07) is 3.87. The Morgan fingerprint density at radius 2 is 2.10 bits per heavy atom. The van der Waals surface area contributed by atoms with Gasteiger partial charge in [-0.05, 0) is 36.2 Å². The molecule has 6 heteroatoms. The highest BCUT2D eigenvalue weighted by Crippen LogP contribution is 2.36. The maximum Gasteiger partial charge on any atom is 0.221 e. The van der Waals surface area contributed by atoms with E-state index in [0.29, 0.717) is 17.9 Å². The van der Waals surface area contributed by atoms with Gasteiger partial charge in [0.05, 0.1) is 20.8 Å². The molecule has 0 radical (unpaired) electrons. The lowest BCUT2D eigenvalue weighted by molar-refractivity contribution is -0.121. The number of carbonyl (C=O) groups is 1. The molecule has 1 amide bonds. The highest BCUT2D eigenvalue weighted by atomic mass is 16.5. The summed E-state index contributed by atoms with van der Waals surface area (Å²) in [5, 5.41) is 14.8. The Morgan fingerprint density at radius 3 is 2.76 bits per heavy atom. The summed E-state index contributed by atoms with van der Waals surface area (Å²) in [5.41, 5.74) is 2.24. The molecule has 1 aliphatic heterocycles. The van der Waals surface area contributed by atoms with Gasteiger partial charge in [-0.2, -0.15) is 0 Å². The van der Waals surface area contributed by atoms with Gasteiger partial charge in [0.25, 0.3) is 0 Å². The van der Waals surface area contributed by atoms with Crippen molar-refractivity contribution in [1.82, 2.24) is 10.6 Å². The maximum atomic E-state index is 11.8. The summed E-state index contributed by atoms with van der Waals surface area (Å²) < 4.78 is 10.7. The molecule has 1 aliphatic rings. The van der Waals surface area contributed by atoms with Gasteiger partial charge in [-0.3, -0.25) is 4.79 Å². The monoisotopic (exact) mass is 294 g/mol. The van der Waals surface area contributed by atoms with Crippen molar-refractivity contribution in [2.45, 2.75) is 18.9 Å². The predicted octanol–water partition coefficient (Wildman–Crippen LogP) is 0.389. The van der Waals surface area contributed by atoms with Crippen LogP contribution in [0.3, 0.4) is 0 Å². The third-order valence-corrected chi connectivity index (χ3v) is 3.63. The SMILES string of the molecule is COc1cc2c(cc1OC)C(CC(=O)NCCO)NCC2. The molecule has 6 nitrogen and oxygen atoms in total. The number of hydrogen-bond acceptors (Lipinski definition) is 5. The molecule has 1 unspecified atom stereocenters. The molecular formula is C15H22N2O4. The maximum absolute atomic E-state index is 11.8. The van der Waals surface area contributed by atoms with E-state index in [0.717, 1.165) is 18.5 Å². The average molecular weight is 294 g/mol. The number of nitrogens with one attached hydrogen (secondary N) is 2. The van der Waals surface area contributed by atoms with E-state index in [-0.39, 0.29) is 25.1 Å². The van der Waals surface area contributed by atoms with Crippen molar-refractivity contribution in [2.24, 2.45) is 0 Å². The van der Waals surface area contributed by atoms with Crippen LogP contribution in [0.1, 0.15) is 23.6 Å². The predicted molar refractivity (Wildman–Crippen MR) is 78.7 cm³/mol. The second kappa shape index (κ2) is 7.28. The fourth-order valence-electron chi connectivity index (χ4n) is 2.60. The van der Waals surface area contributed by atoms with Gasteiger partial charge in [0.2, 0.25) is 5.91 Å². The van der Waals surface area contributed by atoms with Gasteiger partial charge in [-0.15, -0.1) is 0 Å². The third-order valence-electron chi connectivity index (χ3n) is 3.63. The molecule has 1 aromatic rings. The summed E-state index contributed by atoms with van der Waals surface area (Å²) in [7, 11) is 3.22. The van der Waals surface area contributed by atoms with Crippen LogP contribution >= 0.6 is 0 Å². The number of amides is 1. The number of methoxy groups -OCH3 is 2. The smallest absolute Gasteiger partial charge is 0.221 e. The van der Waals surface area contributed by atoms with Crippen molar-refractivity contribution in [2.75, 3.05) is 33.9 Å². The number of carbonyl (C=O) groups excluding carboxylic acids is 1. The molecule has 1 heterocycles. The summed E-state index contributed by atoms with van der Waals surface area (Å²) in [5.74, 6) is 1.30. The Bertz CT molecular complexity index is 505. The lowest BCUT2D eigenvalue weighted by Crippen LogP contribution is -2.35. The normalized spacial score (nSPS) is 17.0. The van der Waals surface area contributed by atoms with E-state index in [9.17, 15) is 4.79 Å². The van der Waals surface area contributed by atoms with E-state index >= 15 is 0 Å². The van der Waals surface area contributed by atoms with Crippen LogP contribution in [0.15, 0.2) is 12.1 Å². The first kappa shape index (κ1) is 15.6. The van der Waals surface area contributed by atoms with Crippen LogP contribution in [-0.2, 0) is 11.2 Å². The zero-order valence-corrected chi connectivity index (χ0v) is 12.4. The molecule has 116 valence electrons. The third kappa shape index (κ3) is 3.65. The van der Waals surface area contributed by atoms with E-state index in [1.807, 2.05) is 12.1 Å². The first-order valence-electron chi connectivity index (χ1n) is 7.05. The second-order valence-corrected chi connectivity index (χ2v) is 4.94. The summed E-state index contributed by atoms with van der Waals surface area (Å²) in [6.07, 6.45) is 1.23. The zero-order chi connectivity index (χ0) is 15.2. The Labute approximate surface area is 124 Å². The molecule has 1 aromatic carbocycles. The van der Waals surface area contributed by atoms with Gasteiger partial charge < -0.3 is 25.2 Å². The molecule has 0 bridgehead atoms. The molecular weight excluding hydrogens is 272 g/mol. The van der Waals surface area contributed by atoms with Gasteiger partial charge in [-0.25, -0.2) is 0 Å². The molecule has 0 saturated heterocycles. The van der Waals surface area contributed by atoms with Crippen LogP contribution in [0, 0.1) is 0 Å². The Hall–Kier alpha value is -1.79. The van der Waals surface area contributed by atoms with Gasteiger partial charge >= 0.3 is 0 Å². The first-order chi connectivity index (χ1) is 10.2. The molecule has 21 heavy (non-hydrogen) atoms. The van der Waals surface area contributed by atoms with Gasteiger partial charge in [0.1, 0.15) is 0 Å². The van der Waals surface area contributed by atoms with E-state index in [2.05, 4.69) is 10.6 Å². The van der Waals surface area contributed by atoms with Crippen molar-refractivity contribution in [3.05, 3.63) is 23.3 Å². The lowest BCUT2D eigenvalue weighted by atomic mass is 9.91. The fraction of sp³-hybridized carbons (Fsp3) is 0.533. The largest absolute Gasteiger partial charge is 0.493 e. The van der Waals surface area contributed by atoms with Gasteiger partial charge in [-0.1, -0.05) is 0 Å². The Kier molecular flexibility index (Phi) is 5.41. The fourth-order valence-corrected chi connectivity index (χ4v) is 2.60. The van der Waals surface area contributed by atoms with E-state index in [4.69, 9.17) is 14.6 Å². The average Bonchev–Trinajstić information content (AvgIpc) is 2.51. The minimum Gasteiger partial charge on any atom is -0.493 e. The molecule has 1 atom stereocenters. The van der Waals surface area contributed by atoms with Crippen molar-refractivity contribution in [3.63, 3.8) is 0 Å². The molecule has 0 aromatic heterocycles. The number of hydrogen-bond donors (Lipinski definition) is 3. The molecule has 2 rings (SSSR count). The number of aliphatic hydroxyl groups is 1. The highest BCUT2D eigenvalue weighted by Gasteiger charge is 2.24. The van der Waals surface area contributed by atoms with E-state index < -0.39 is 0 Å². The summed E-state index contributed by atoms with van der Waals surface area (Å²) in [4.78, 5) is 11.8. The first-order valence-corrected chi connectivity index (χ1v) is 7.05. The summed E-state index contributed by atoms with van der Waals surface area (Å²) >= 11 is 0. The van der Waals surface area contributed by atoms with Crippen LogP contribution < -0.4 is 20.1 Å². The number of fused-ring (bicyclic) bond motifs is 1. The van der Waals surface area contributed by atoms with Crippen LogP contribution in [-0.4, -0.2) is 44.9 Å². The molecule has 0 spiro atoms. The van der Waals surface area contributed by atoms with Crippen molar-refractivity contribution in [1.29, 1.82) is 0 Å². The lowest BCUT2D eigenvalue weighted by Gasteiger charge is -2.27. The minimum absolute atomic E-state index is 0.0488. The van der Waals surface area contributed by atoms with Crippen LogP contribution in [0.5, 0.6) is 11.5 Å². The molecule has 0 saturated carbocycles. The minimum atomic E-state index is -0.0795. The highest BCUT2D eigenvalue weighted by molar-refractivity contribution is 5.77. The van der Waals surface area contributed by atoms with Crippen molar-refractivity contribution < 1.29 is 19.4 Å². The zero-order valence-electron chi connectivity index (χ0n) is 12.4. The van der Waals surface area contributed by atoms with Crippen LogP contribution in [0.25, 0.3) is 0 Å². The molecule has 0 aliphatic carbocycles. The van der Waals surface area contributed by atoms with E-state index in [1.54, 1.807) is 14.2 Å². The summed E-state index contributed by atoms with van der Waals surface area (Å²) in [6.45, 7) is 1.05. The number of ether oxygens (including phenoxy) is 2. The topological polar surface area (TPSA) is 79.8 Å². The Balaban J connectivity index is 2.19. The molecule has 3 N–H and O–H groups in total. The number of aliphatic hydroxyl groups excluding tert-OH is 1. The molecule has 0 fully saturated rings. The van der Waals surface area contributed by atoms with E-state index in [1.165, 1.54) is 5.56 Å². The van der Waals surface area contributed by atoms with Gasteiger partial charge in [0, 0.05) is 19.0 Å². The standard InChI is InChI=1S/C15H22N2O4/c1-20-13-7-10-3-4-16-12(9-15(19)17-5-6-18)11(10)8-14(13)21-2/h7-8,12,16,18H,3-6,9H2,1-2H3,(H,17,19). The van der Waals surface area contributed by atoms with Crippen molar-refractivity contribution in [3.8, 4) is 11.5 Å². The van der Waals surface area contributed by atoms with Crippen LogP contribution in [0.2, 0.25) is 0 Å². The quantitative estimate of drug-likeness (QED) is 0.707. The number of benzene rings is 1. The van der Waals surface area contributed by atoms with Gasteiger partial charge in [0.15, 0.2) is 11.5 Å². The Morgan fingerprint density at radius 1 is 1.38 bits per heavy atom. The second-order valence-electron chi connectivity index (χ2n) is 4.94.